The number of azide groups is 1. The zero-order valence-corrected chi connectivity index (χ0v) is 10.4. The van der Waals surface area contributed by atoms with Crippen LogP contribution >= 0.6 is 0 Å². The van der Waals surface area contributed by atoms with Crippen LogP contribution in [0.3, 0.4) is 0 Å². The summed E-state index contributed by atoms with van der Waals surface area (Å²) < 4.78 is 16.8. The van der Waals surface area contributed by atoms with Crippen LogP contribution in [-0.4, -0.2) is 41.5 Å². The number of ether oxygens (including phenoxy) is 3. The quantitative estimate of drug-likeness (QED) is 0.357. The predicted octanol–water partition coefficient (Wildman–Crippen LogP) is 1.48. The Bertz CT molecular complexity index is 394. The summed E-state index contributed by atoms with van der Waals surface area (Å²) in [5.74, 6) is -2.33. The maximum atomic E-state index is 10.4. The van der Waals surface area contributed by atoms with Gasteiger partial charge in [0.15, 0.2) is 11.6 Å². The molecule has 4 atom stereocenters. The van der Waals surface area contributed by atoms with Gasteiger partial charge in [0.1, 0.15) is 12.2 Å². The van der Waals surface area contributed by atoms with E-state index in [1.165, 1.54) is 0 Å². The topological polar surface area (TPSA) is 96.7 Å². The smallest absolute Gasteiger partial charge is 0.198 e. The molecule has 0 aliphatic carbocycles. The molecule has 0 radical (unpaired) electrons. The largest absolute Gasteiger partial charge is 0.363 e. The molecule has 2 fully saturated rings. The summed E-state index contributed by atoms with van der Waals surface area (Å²) in [7, 11) is 0. The molecular formula is C11H17N3O4. The molecule has 0 saturated carbocycles. The first-order valence-corrected chi connectivity index (χ1v) is 5.79. The first-order chi connectivity index (χ1) is 8.42. The van der Waals surface area contributed by atoms with Crippen LogP contribution in [-0.2, 0) is 14.2 Å². The van der Waals surface area contributed by atoms with Crippen molar-refractivity contribution in [2.75, 3.05) is 6.61 Å². The molecule has 2 aliphatic heterocycles. The summed E-state index contributed by atoms with van der Waals surface area (Å²) in [6, 6.07) is -0.508. The molecule has 0 spiro atoms. The Morgan fingerprint density at radius 1 is 1.56 bits per heavy atom. The molecule has 0 amide bonds. The van der Waals surface area contributed by atoms with Crippen molar-refractivity contribution in [3.8, 4) is 0 Å². The van der Waals surface area contributed by atoms with Gasteiger partial charge in [-0.25, -0.2) is 0 Å². The van der Waals surface area contributed by atoms with Crippen molar-refractivity contribution in [1.82, 2.24) is 0 Å². The SMILES string of the molecule is C=CCC1(O)OC[C@H](N=[N+]=[N-])[C@@H]2OC(C)(C)O[C@@H]21. The summed E-state index contributed by atoms with van der Waals surface area (Å²) in [4.78, 5) is 2.77. The minimum atomic E-state index is -1.48. The molecular weight excluding hydrogens is 238 g/mol. The van der Waals surface area contributed by atoms with Gasteiger partial charge in [0, 0.05) is 11.3 Å². The van der Waals surface area contributed by atoms with Crippen molar-refractivity contribution in [3.05, 3.63) is 23.1 Å². The summed E-state index contributed by atoms with van der Waals surface area (Å²) >= 11 is 0. The number of hydrogen-bond donors (Lipinski definition) is 1. The Morgan fingerprint density at radius 3 is 2.89 bits per heavy atom. The van der Waals surface area contributed by atoms with Crippen LogP contribution in [0.1, 0.15) is 20.3 Å². The highest BCUT2D eigenvalue weighted by molar-refractivity contribution is 5.03. The lowest BCUT2D eigenvalue weighted by atomic mass is 9.93. The van der Waals surface area contributed by atoms with E-state index in [-0.39, 0.29) is 13.0 Å². The first-order valence-electron chi connectivity index (χ1n) is 5.79. The average Bonchev–Trinajstić information content (AvgIpc) is 2.61. The van der Waals surface area contributed by atoms with Crippen molar-refractivity contribution in [2.45, 2.75) is 50.1 Å². The van der Waals surface area contributed by atoms with Crippen LogP contribution in [0.15, 0.2) is 17.8 Å². The van der Waals surface area contributed by atoms with Crippen molar-refractivity contribution in [2.24, 2.45) is 5.11 Å². The Labute approximate surface area is 105 Å². The molecule has 7 nitrogen and oxygen atoms in total. The van der Waals surface area contributed by atoms with E-state index in [0.29, 0.717) is 0 Å². The standard InChI is InChI=1S/C11H17N3O4/c1-4-5-11(15)9-8(17-10(2,3)18-9)7(6-16-11)13-14-12/h4,7-9,15H,1,5-6H2,2-3H3/t7-,8-,9-,11?/m0/s1. The lowest BCUT2D eigenvalue weighted by molar-refractivity contribution is -0.287. The number of aliphatic hydroxyl groups is 1. The molecule has 0 aromatic heterocycles. The molecule has 18 heavy (non-hydrogen) atoms. The van der Waals surface area contributed by atoms with Gasteiger partial charge in [-0.1, -0.05) is 11.2 Å². The molecule has 0 aromatic carbocycles. The second kappa shape index (κ2) is 4.53. The monoisotopic (exact) mass is 255 g/mol. The van der Waals surface area contributed by atoms with Crippen LogP contribution in [0.4, 0.5) is 0 Å². The van der Waals surface area contributed by atoms with E-state index in [2.05, 4.69) is 16.6 Å². The molecule has 2 saturated heterocycles. The van der Waals surface area contributed by atoms with Gasteiger partial charge < -0.3 is 19.3 Å². The Morgan fingerprint density at radius 2 is 2.28 bits per heavy atom. The summed E-state index contributed by atoms with van der Waals surface area (Å²) in [6.45, 7) is 7.17. The highest BCUT2D eigenvalue weighted by atomic mass is 16.8. The van der Waals surface area contributed by atoms with Crippen molar-refractivity contribution >= 4 is 0 Å². The lowest BCUT2D eigenvalue weighted by Crippen LogP contribution is -2.58. The Kier molecular flexibility index (Phi) is 3.35. The Balaban J connectivity index is 2.29. The lowest BCUT2D eigenvalue weighted by Gasteiger charge is -2.41. The molecule has 2 rings (SSSR count). The van der Waals surface area contributed by atoms with Crippen LogP contribution in [0, 0.1) is 0 Å². The minimum absolute atomic E-state index is 0.0923. The molecule has 2 heterocycles. The predicted molar refractivity (Wildman–Crippen MR) is 62.5 cm³/mol. The van der Waals surface area contributed by atoms with Crippen molar-refractivity contribution < 1.29 is 19.3 Å². The summed E-state index contributed by atoms with van der Waals surface area (Å²) in [5.41, 5.74) is 8.53. The highest BCUT2D eigenvalue weighted by Gasteiger charge is 2.58. The molecule has 0 bridgehead atoms. The zero-order valence-electron chi connectivity index (χ0n) is 10.4. The fourth-order valence-electron chi connectivity index (χ4n) is 2.37. The van der Waals surface area contributed by atoms with Gasteiger partial charge in [0.25, 0.3) is 0 Å². The maximum Gasteiger partial charge on any atom is 0.198 e. The summed E-state index contributed by atoms with van der Waals surface area (Å²) in [5, 5.41) is 14.1. The second-order valence-electron chi connectivity index (χ2n) is 4.94. The van der Waals surface area contributed by atoms with Gasteiger partial charge in [0.2, 0.25) is 0 Å². The third-order valence-electron chi connectivity index (χ3n) is 3.09. The van der Waals surface area contributed by atoms with Crippen LogP contribution in [0.25, 0.3) is 10.4 Å². The molecule has 2 aliphatic rings. The molecule has 1 N–H and O–H groups in total. The van der Waals surface area contributed by atoms with E-state index in [0.717, 1.165) is 0 Å². The van der Waals surface area contributed by atoms with Gasteiger partial charge >= 0.3 is 0 Å². The van der Waals surface area contributed by atoms with Crippen LogP contribution in [0.2, 0.25) is 0 Å². The third-order valence-corrected chi connectivity index (χ3v) is 3.09. The zero-order chi connectivity index (χ0) is 13.4. The number of fused-ring (bicyclic) bond motifs is 1. The van der Waals surface area contributed by atoms with Gasteiger partial charge in [-0.05, 0) is 19.4 Å². The molecule has 1 unspecified atom stereocenters. The normalized spacial score (nSPS) is 41.8. The van der Waals surface area contributed by atoms with E-state index in [1.54, 1.807) is 19.9 Å². The number of nitrogens with zero attached hydrogens (tertiary/aromatic N) is 3. The fraction of sp³-hybridized carbons (Fsp3) is 0.818. The minimum Gasteiger partial charge on any atom is -0.363 e. The molecule has 0 aromatic rings. The molecule has 100 valence electrons. The van der Waals surface area contributed by atoms with Gasteiger partial charge in [0.05, 0.1) is 12.6 Å². The number of rotatable bonds is 3. The Hall–Kier alpha value is -1.11. The van der Waals surface area contributed by atoms with Crippen LogP contribution in [0.5, 0.6) is 0 Å². The van der Waals surface area contributed by atoms with E-state index >= 15 is 0 Å². The highest BCUT2D eigenvalue weighted by Crippen LogP contribution is 2.41. The van der Waals surface area contributed by atoms with Crippen LogP contribution < -0.4 is 0 Å². The second-order valence-corrected chi connectivity index (χ2v) is 4.94. The molecule has 7 heteroatoms. The maximum absolute atomic E-state index is 10.4. The van der Waals surface area contributed by atoms with Crippen molar-refractivity contribution in [1.29, 1.82) is 0 Å². The van der Waals surface area contributed by atoms with E-state index in [9.17, 15) is 5.11 Å². The van der Waals surface area contributed by atoms with Crippen molar-refractivity contribution in [3.63, 3.8) is 0 Å². The first kappa shape index (κ1) is 13.3. The van der Waals surface area contributed by atoms with Gasteiger partial charge in [-0.2, -0.15) is 0 Å². The fourth-order valence-corrected chi connectivity index (χ4v) is 2.37. The average molecular weight is 255 g/mol. The van der Waals surface area contributed by atoms with E-state index in [1.807, 2.05) is 0 Å². The van der Waals surface area contributed by atoms with Gasteiger partial charge in [-0.15, -0.1) is 6.58 Å². The van der Waals surface area contributed by atoms with Gasteiger partial charge in [-0.3, -0.25) is 0 Å². The third kappa shape index (κ3) is 2.23. The van der Waals surface area contributed by atoms with E-state index in [4.69, 9.17) is 19.7 Å². The summed E-state index contributed by atoms with van der Waals surface area (Å²) in [6.07, 6.45) is 0.556. The van der Waals surface area contributed by atoms with E-state index < -0.39 is 29.8 Å². The number of hydrogen-bond acceptors (Lipinski definition) is 5.